The number of likely N-dealkylation sites (N-methyl/N-ethyl adjacent to an activating group) is 1. The summed E-state index contributed by atoms with van der Waals surface area (Å²) in [6.07, 6.45) is 0. The van der Waals surface area contributed by atoms with Crippen LogP contribution in [-0.4, -0.2) is 63.2 Å². The summed E-state index contributed by atoms with van der Waals surface area (Å²) < 4.78 is 46.0. The van der Waals surface area contributed by atoms with Crippen LogP contribution in [-0.2, 0) is 14.8 Å². The molecule has 8 nitrogen and oxygen atoms in total. The Kier molecular flexibility index (Phi) is 8.59. The maximum atomic E-state index is 14.3. The molecule has 0 aliphatic rings. The number of nitrogens with one attached hydrogen (secondary N) is 1. The van der Waals surface area contributed by atoms with Crippen LogP contribution < -0.4 is 10.1 Å². The van der Waals surface area contributed by atoms with Gasteiger partial charge in [-0.05, 0) is 36.4 Å². The van der Waals surface area contributed by atoms with Crippen molar-refractivity contribution >= 4 is 39.1 Å². The predicted octanol–water partition coefficient (Wildman–Crippen LogP) is 3.23. The number of hydrogen-bond donors (Lipinski definition) is 1. The molecule has 0 aromatic heterocycles. The fourth-order valence-electron chi connectivity index (χ4n) is 3.01. The largest absolute Gasteiger partial charge is 0.495 e. The van der Waals surface area contributed by atoms with Crippen LogP contribution in [0.2, 0.25) is 5.02 Å². The number of anilines is 1. The van der Waals surface area contributed by atoms with Crippen molar-refractivity contribution in [2.24, 2.45) is 0 Å². The number of amides is 2. The Morgan fingerprint density at radius 2 is 1.78 bits per heavy atom. The number of halogens is 2. The van der Waals surface area contributed by atoms with Crippen LogP contribution in [0.4, 0.5) is 10.1 Å². The summed E-state index contributed by atoms with van der Waals surface area (Å²) in [6.45, 7) is 3.24. The third-order valence-corrected chi connectivity index (χ3v) is 6.96. The summed E-state index contributed by atoms with van der Waals surface area (Å²) in [5, 5.41) is 3.00. The Morgan fingerprint density at radius 3 is 2.38 bits per heavy atom. The summed E-state index contributed by atoms with van der Waals surface area (Å²) in [4.78, 5) is 25.7. The highest BCUT2D eigenvalue weighted by atomic mass is 35.5. The molecule has 0 aliphatic heterocycles. The lowest BCUT2D eigenvalue weighted by Crippen LogP contribution is -2.35. The molecule has 0 atom stereocenters. The van der Waals surface area contributed by atoms with Crippen molar-refractivity contribution in [2.75, 3.05) is 39.1 Å². The number of rotatable bonds is 9. The Labute approximate surface area is 192 Å². The number of carbonyl (C=O) groups excluding carboxylic acids is 2. The van der Waals surface area contributed by atoms with Crippen molar-refractivity contribution < 1.29 is 27.1 Å². The van der Waals surface area contributed by atoms with Crippen LogP contribution in [0.1, 0.15) is 24.2 Å². The summed E-state index contributed by atoms with van der Waals surface area (Å²) in [5.74, 6) is -1.74. The van der Waals surface area contributed by atoms with Gasteiger partial charge in [0, 0.05) is 30.7 Å². The van der Waals surface area contributed by atoms with Gasteiger partial charge in [0.25, 0.3) is 5.91 Å². The fourth-order valence-corrected chi connectivity index (χ4v) is 4.73. The molecule has 1 N–H and O–H groups in total. The summed E-state index contributed by atoms with van der Waals surface area (Å²) in [7, 11) is -1.30. The molecule has 2 rings (SSSR count). The molecule has 32 heavy (non-hydrogen) atoms. The molecule has 0 unspecified atom stereocenters. The van der Waals surface area contributed by atoms with E-state index in [0.29, 0.717) is 16.5 Å². The first-order valence-electron chi connectivity index (χ1n) is 9.73. The molecule has 0 spiro atoms. The van der Waals surface area contributed by atoms with Gasteiger partial charge in [0.15, 0.2) is 0 Å². The van der Waals surface area contributed by atoms with E-state index in [9.17, 15) is 22.4 Å². The number of carbonyl (C=O) groups is 2. The Morgan fingerprint density at radius 1 is 1.12 bits per heavy atom. The second-order valence-electron chi connectivity index (χ2n) is 6.79. The molecule has 11 heteroatoms. The molecule has 0 radical (unpaired) electrons. The zero-order valence-corrected chi connectivity index (χ0v) is 19.8. The minimum atomic E-state index is -4.11. The molecule has 2 aromatic carbocycles. The van der Waals surface area contributed by atoms with E-state index in [1.807, 2.05) is 0 Å². The van der Waals surface area contributed by atoms with Crippen molar-refractivity contribution in [3.8, 4) is 5.75 Å². The number of methoxy groups -OCH3 is 1. The molecule has 0 heterocycles. The molecular formula is C21H25ClFN3O5S. The summed E-state index contributed by atoms with van der Waals surface area (Å²) in [5.41, 5.74) is 0.271. The molecular weight excluding hydrogens is 461 g/mol. The Bertz CT molecular complexity index is 1110. The molecule has 0 saturated carbocycles. The van der Waals surface area contributed by atoms with Crippen molar-refractivity contribution in [1.29, 1.82) is 0 Å². The first-order chi connectivity index (χ1) is 15.0. The molecule has 0 bridgehead atoms. The van der Waals surface area contributed by atoms with Crippen LogP contribution in [0.3, 0.4) is 0 Å². The van der Waals surface area contributed by atoms with E-state index in [1.165, 1.54) is 26.3 Å². The third kappa shape index (κ3) is 5.76. The highest BCUT2D eigenvalue weighted by Gasteiger charge is 2.27. The number of ether oxygens (including phenoxy) is 1. The topological polar surface area (TPSA) is 96.0 Å². The molecule has 2 aromatic rings. The van der Waals surface area contributed by atoms with E-state index < -0.39 is 32.6 Å². The zero-order valence-electron chi connectivity index (χ0n) is 18.2. The predicted molar refractivity (Wildman–Crippen MR) is 120 cm³/mol. The van der Waals surface area contributed by atoms with E-state index in [1.54, 1.807) is 26.0 Å². The lowest BCUT2D eigenvalue weighted by atomic mass is 10.2. The minimum Gasteiger partial charge on any atom is -0.495 e. The quantitative estimate of drug-likeness (QED) is 0.588. The van der Waals surface area contributed by atoms with Crippen molar-refractivity contribution in [2.45, 2.75) is 18.7 Å². The van der Waals surface area contributed by atoms with Gasteiger partial charge in [-0.15, -0.1) is 0 Å². The monoisotopic (exact) mass is 485 g/mol. The van der Waals surface area contributed by atoms with Gasteiger partial charge in [-0.1, -0.05) is 25.4 Å². The SMILES string of the molecule is CCN(CC)S(=O)(=O)c1cc(C(=O)N(C)CC(=O)Nc2cc(Cl)ccc2OC)ccc1F. The van der Waals surface area contributed by atoms with Crippen molar-refractivity contribution in [3.63, 3.8) is 0 Å². The van der Waals surface area contributed by atoms with Crippen LogP contribution in [0.15, 0.2) is 41.3 Å². The van der Waals surface area contributed by atoms with Gasteiger partial charge in [-0.25, -0.2) is 12.8 Å². The number of nitrogens with zero attached hydrogens (tertiary/aromatic N) is 2. The summed E-state index contributed by atoms with van der Waals surface area (Å²) >= 11 is 5.95. The number of benzene rings is 2. The van der Waals surface area contributed by atoms with Gasteiger partial charge < -0.3 is 15.0 Å². The van der Waals surface area contributed by atoms with E-state index in [-0.39, 0.29) is 25.2 Å². The average Bonchev–Trinajstić information content (AvgIpc) is 2.74. The van der Waals surface area contributed by atoms with E-state index in [2.05, 4.69) is 5.32 Å². The maximum absolute atomic E-state index is 14.3. The van der Waals surface area contributed by atoms with E-state index in [4.69, 9.17) is 16.3 Å². The molecule has 2 amide bonds. The molecule has 0 saturated heterocycles. The smallest absolute Gasteiger partial charge is 0.254 e. The Balaban J connectivity index is 2.21. The fraction of sp³-hybridized carbons (Fsp3) is 0.333. The summed E-state index contributed by atoms with van der Waals surface area (Å²) in [6, 6.07) is 7.78. The molecule has 0 aliphatic carbocycles. The highest BCUT2D eigenvalue weighted by Crippen LogP contribution is 2.27. The molecule has 0 fully saturated rings. The normalized spacial score (nSPS) is 11.3. The number of sulfonamides is 1. The van der Waals surface area contributed by atoms with Gasteiger partial charge >= 0.3 is 0 Å². The minimum absolute atomic E-state index is 0.0623. The maximum Gasteiger partial charge on any atom is 0.254 e. The van der Waals surface area contributed by atoms with Gasteiger partial charge in [0.1, 0.15) is 16.5 Å². The van der Waals surface area contributed by atoms with E-state index >= 15 is 0 Å². The van der Waals surface area contributed by atoms with Crippen molar-refractivity contribution in [1.82, 2.24) is 9.21 Å². The van der Waals surface area contributed by atoms with Gasteiger partial charge in [-0.3, -0.25) is 9.59 Å². The van der Waals surface area contributed by atoms with E-state index in [0.717, 1.165) is 21.3 Å². The Hall–Kier alpha value is -2.69. The number of hydrogen-bond acceptors (Lipinski definition) is 5. The second-order valence-corrected chi connectivity index (χ2v) is 9.13. The third-order valence-electron chi connectivity index (χ3n) is 4.66. The lowest BCUT2D eigenvalue weighted by Gasteiger charge is -2.20. The van der Waals surface area contributed by atoms with Gasteiger partial charge in [0.05, 0.1) is 19.3 Å². The van der Waals surface area contributed by atoms with Crippen LogP contribution >= 0.6 is 11.6 Å². The van der Waals surface area contributed by atoms with Crippen molar-refractivity contribution in [3.05, 3.63) is 52.8 Å². The first-order valence-corrected chi connectivity index (χ1v) is 11.5. The highest BCUT2D eigenvalue weighted by molar-refractivity contribution is 7.89. The van der Waals surface area contributed by atoms with Crippen LogP contribution in [0.25, 0.3) is 0 Å². The lowest BCUT2D eigenvalue weighted by molar-refractivity contribution is -0.116. The van der Waals surface area contributed by atoms with Gasteiger partial charge in [-0.2, -0.15) is 4.31 Å². The van der Waals surface area contributed by atoms with Crippen LogP contribution in [0, 0.1) is 5.82 Å². The zero-order chi connectivity index (χ0) is 24.1. The van der Waals surface area contributed by atoms with Crippen LogP contribution in [0.5, 0.6) is 5.75 Å². The second kappa shape index (κ2) is 10.8. The standard InChI is InChI=1S/C21H25ClFN3O5S/c1-5-26(6-2)32(29,30)19-11-14(7-9-16(19)23)21(28)25(3)13-20(27)24-17-12-15(22)8-10-18(17)31-4/h7-12H,5-6,13H2,1-4H3,(H,24,27). The first kappa shape index (κ1) is 25.6. The molecule has 174 valence electrons. The van der Waals surface area contributed by atoms with Gasteiger partial charge in [0.2, 0.25) is 15.9 Å². The average molecular weight is 486 g/mol.